The van der Waals surface area contributed by atoms with Crippen LogP contribution in [0.1, 0.15) is 67.2 Å². The number of Topliss-reactive ketones (excluding diaryl/α,β-unsaturated/α-hetero) is 2. The van der Waals surface area contributed by atoms with Gasteiger partial charge in [-0.05, 0) is 75.1 Å². The van der Waals surface area contributed by atoms with Crippen LogP contribution in [0.5, 0.6) is 11.5 Å². The normalized spacial score (nSPS) is 11.3. The van der Waals surface area contributed by atoms with Crippen molar-refractivity contribution in [2.24, 2.45) is 0 Å². The van der Waals surface area contributed by atoms with Gasteiger partial charge in [-0.1, -0.05) is 35.9 Å². The Balaban J connectivity index is 1.34. The number of ketones is 2. The van der Waals surface area contributed by atoms with Crippen LogP contribution in [0.15, 0.2) is 60.8 Å². The van der Waals surface area contributed by atoms with Crippen molar-refractivity contribution in [3.63, 3.8) is 0 Å². The molecule has 0 aliphatic heterocycles. The first-order chi connectivity index (χ1) is 20.5. The maximum Gasteiger partial charge on any atom is 0.308 e. The van der Waals surface area contributed by atoms with Crippen LogP contribution in [0.2, 0.25) is 5.02 Å². The van der Waals surface area contributed by atoms with Crippen molar-refractivity contribution < 1.29 is 33.3 Å². The molecule has 0 aliphatic rings. The molecule has 0 amide bonds. The standard InChI is InChI=1S/C34H40ClNO7/c1-24-20-26(9-12-30(24)35)22-27(37)21-25-7-10-28(11-8-25)42-29-13-15-36-31(23-29)32(38)6-5-16-40-18-19-41-17-14-33(39)43-34(2,3)4/h7-13,15,20,23H,5-6,14,16-19,21-22H2,1-4H3. The summed E-state index contributed by atoms with van der Waals surface area (Å²) < 4.78 is 22.1. The SMILES string of the molecule is Cc1cc(CC(=O)Cc2ccc(Oc3ccnc(C(=O)CCCOCCOCCC(=O)OC(C)(C)C)c3)cc2)ccc1Cl. The van der Waals surface area contributed by atoms with E-state index < -0.39 is 5.60 Å². The van der Waals surface area contributed by atoms with Crippen LogP contribution in [-0.2, 0) is 36.6 Å². The van der Waals surface area contributed by atoms with E-state index in [0.29, 0.717) is 61.3 Å². The number of rotatable bonds is 17. The summed E-state index contributed by atoms with van der Waals surface area (Å²) in [5.74, 6) is 0.808. The summed E-state index contributed by atoms with van der Waals surface area (Å²) in [6.45, 7) is 8.81. The van der Waals surface area contributed by atoms with Crippen molar-refractivity contribution in [3.8, 4) is 11.5 Å². The lowest BCUT2D eigenvalue weighted by Gasteiger charge is -2.19. The Bertz CT molecular complexity index is 1370. The second kappa shape index (κ2) is 16.9. The number of aryl methyl sites for hydroxylation is 1. The summed E-state index contributed by atoms with van der Waals surface area (Å²) in [6.07, 6.45) is 3.23. The highest BCUT2D eigenvalue weighted by molar-refractivity contribution is 6.31. The molecular weight excluding hydrogens is 570 g/mol. The van der Waals surface area contributed by atoms with E-state index in [9.17, 15) is 14.4 Å². The molecule has 0 saturated carbocycles. The van der Waals surface area contributed by atoms with Crippen molar-refractivity contribution in [2.75, 3.05) is 26.4 Å². The average Bonchev–Trinajstić information content (AvgIpc) is 2.94. The molecule has 2 aromatic carbocycles. The molecule has 0 bridgehead atoms. The van der Waals surface area contributed by atoms with Gasteiger partial charge >= 0.3 is 5.97 Å². The zero-order chi connectivity index (χ0) is 31.2. The minimum atomic E-state index is -0.503. The molecule has 1 heterocycles. The van der Waals surface area contributed by atoms with E-state index in [0.717, 1.165) is 16.7 Å². The van der Waals surface area contributed by atoms with Crippen molar-refractivity contribution >= 4 is 29.1 Å². The van der Waals surface area contributed by atoms with Crippen molar-refractivity contribution in [3.05, 3.63) is 88.2 Å². The van der Waals surface area contributed by atoms with Crippen LogP contribution in [0, 0.1) is 6.92 Å². The Labute approximate surface area is 258 Å². The largest absolute Gasteiger partial charge is 0.460 e. The van der Waals surface area contributed by atoms with Gasteiger partial charge in [0.15, 0.2) is 5.78 Å². The van der Waals surface area contributed by atoms with Crippen LogP contribution in [0.4, 0.5) is 0 Å². The van der Waals surface area contributed by atoms with Crippen LogP contribution in [-0.4, -0.2) is 54.5 Å². The number of carbonyl (C=O) groups excluding carboxylic acids is 3. The molecule has 8 nitrogen and oxygen atoms in total. The van der Waals surface area contributed by atoms with Crippen molar-refractivity contribution in [1.82, 2.24) is 4.98 Å². The molecule has 0 radical (unpaired) electrons. The molecule has 43 heavy (non-hydrogen) atoms. The molecule has 0 spiro atoms. The number of hydrogen-bond acceptors (Lipinski definition) is 8. The molecule has 0 atom stereocenters. The maximum absolute atomic E-state index is 12.6. The highest BCUT2D eigenvalue weighted by Crippen LogP contribution is 2.23. The fourth-order valence-corrected chi connectivity index (χ4v) is 4.22. The fourth-order valence-electron chi connectivity index (χ4n) is 4.11. The Hall–Kier alpha value is -3.59. The summed E-state index contributed by atoms with van der Waals surface area (Å²) >= 11 is 6.07. The Morgan fingerprint density at radius 3 is 2.16 bits per heavy atom. The van der Waals surface area contributed by atoms with Gasteiger partial charge in [0, 0.05) is 43.2 Å². The number of benzene rings is 2. The summed E-state index contributed by atoms with van der Waals surface area (Å²) in [6, 6.07) is 16.3. The third kappa shape index (κ3) is 13.1. The van der Waals surface area contributed by atoms with E-state index in [4.69, 9.17) is 30.5 Å². The summed E-state index contributed by atoms with van der Waals surface area (Å²) in [5, 5.41) is 0.690. The Morgan fingerprint density at radius 2 is 1.47 bits per heavy atom. The lowest BCUT2D eigenvalue weighted by Crippen LogP contribution is -2.24. The van der Waals surface area contributed by atoms with E-state index in [1.165, 1.54) is 0 Å². The highest BCUT2D eigenvalue weighted by Gasteiger charge is 2.16. The quantitative estimate of drug-likeness (QED) is 0.0923. The number of halogens is 1. The molecular formula is C34H40ClNO7. The average molecular weight is 610 g/mol. The number of nitrogens with zero attached hydrogens (tertiary/aromatic N) is 1. The van der Waals surface area contributed by atoms with E-state index in [-0.39, 0.29) is 37.0 Å². The summed E-state index contributed by atoms with van der Waals surface area (Å²) in [7, 11) is 0. The lowest BCUT2D eigenvalue weighted by molar-refractivity contribution is -0.156. The van der Waals surface area contributed by atoms with Gasteiger partial charge in [-0.25, -0.2) is 0 Å². The minimum Gasteiger partial charge on any atom is -0.460 e. The molecule has 3 rings (SSSR count). The van der Waals surface area contributed by atoms with Gasteiger partial charge in [-0.2, -0.15) is 0 Å². The number of aromatic nitrogens is 1. The van der Waals surface area contributed by atoms with Gasteiger partial charge in [0.2, 0.25) is 0 Å². The fraction of sp³-hybridized carbons (Fsp3) is 0.412. The van der Waals surface area contributed by atoms with Crippen LogP contribution >= 0.6 is 11.6 Å². The third-order valence-corrected chi connectivity index (χ3v) is 6.56. The second-order valence-corrected chi connectivity index (χ2v) is 11.6. The van der Waals surface area contributed by atoms with Crippen LogP contribution in [0.25, 0.3) is 0 Å². The minimum absolute atomic E-state index is 0.104. The number of esters is 1. The van der Waals surface area contributed by atoms with Gasteiger partial charge in [-0.3, -0.25) is 19.4 Å². The molecule has 0 unspecified atom stereocenters. The maximum atomic E-state index is 12.6. The van der Waals surface area contributed by atoms with Crippen molar-refractivity contribution in [2.45, 2.75) is 65.4 Å². The number of pyridine rings is 1. The number of ether oxygens (including phenoxy) is 4. The van der Waals surface area contributed by atoms with Crippen LogP contribution < -0.4 is 4.74 Å². The highest BCUT2D eigenvalue weighted by atomic mass is 35.5. The van der Waals surface area contributed by atoms with Gasteiger partial charge < -0.3 is 18.9 Å². The first kappa shape index (κ1) is 33.9. The van der Waals surface area contributed by atoms with E-state index >= 15 is 0 Å². The molecule has 1 aromatic heterocycles. The van der Waals surface area contributed by atoms with Gasteiger partial charge in [-0.15, -0.1) is 0 Å². The number of carbonyl (C=O) groups is 3. The third-order valence-electron chi connectivity index (χ3n) is 6.14. The molecule has 3 aromatic rings. The molecule has 230 valence electrons. The molecule has 0 aliphatic carbocycles. The monoisotopic (exact) mass is 609 g/mol. The Morgan fingerprint density at radius 1 is 0.791 bits per heavy atom. The van der Waals surface area contributed by atoms with Gasteiger partial charge in [0.05, 0.1) is 26.2 Å². The molecule has 0 saturated heterocycles. The van der Waals surface area contributed by atoms with Crippen LogP contribution in [0.3, 0.4) is 0 Å². The van der Waals surface area contributed by atoms with Gasteiger partial charge in [0.1, 0.15) is 28.6 Å². The van der Waals surface area contributed by atoms with E-state index in [1.807, 2.05) is 58.0 Å². The predicted octanol–water partition coefficient (Wildman–Crippen LogP) is 6.92. The van der Waals surface area contributed by atoms with Crippen molar-refractivity contribution in [1.29, 1.82) is 0 Å². The molecule has 0 fully saturated rings. The number of hydrogen-bond donors (Lipinski definition) is 0. The smallest absolute Gasteiger partial charge is 0.308 e. The second-order valence-electron chi connectivity index (χ2n) is 11.2. The Kier molecular flexibility index (Phi) is 13.3. The summed E-state index contributed by atoms with van der Waals surface area (Å²) in [4.78, 5) is 41.0. The summed E-state index contributed by atoms with van der Waals surface area (Å²) in [5.41, 5.74) is 2.61. The zero-order valence-electron chi connectivity index (χ0n) is 25.3. The zero-order valence-corrected chi connectivity index (χ0v) is 26.1. The first-order valence-corrected chi connectivity index (χ1v) is 14.8. The topological polar surface area (TPSA) is 101 Å². The lowest BCUT2D eigenvalue weighted by atomic mass is 10.0. The predicted molar refractivity (Wildman–Crippen MR) is 165 cm³/mol. The molecule has 9 heteroatoms. The molecule has 0 N–H and O–H groups in total. The first-order valence-electron chi connectivity index (χ1n) is 14.4. The van der Waals surface area contributed by atoms with E-state index in [2.05, 4.69) is 4.98 Å². The van der Waals surface area contributed by atoms with E-state index in [1.54, 1.807) is 30.5 Å². The van der Waals surface area contributed by atoms with Gasteiger partial charge in [0.25, 0.3) is 0 Å².